The Hall–Kier alpha value is -4.35. The molecule has 0 unspecified atom stereocenters. The molecule has 0 atom stereocenters. The fourth-order valence-corrected chi connectivity index (χ4v) is 4.88. The van der Waals surface area contributed by atoms with E-state index in [-0.39, 0.29) is 60.9 Å². The Labute approximate surface area is 217 Å². The number of rotatable bonds is 3. The van der Waals surface area contributed by atoms with E-state index < -0.39 is 35.2 Å². The van der Waals surface area contributed by atoms with E-state index in [1.807, 2.05) is 0 Å². The van der Waals surface area contributed by atoms with E-state index in [4.69, 9.17) is 47.3 Å². The van der Waals surface area contributed by atoms with Gasteiger partial charge in [-0.15, -0.1) is 0 Å². The van der Waals surface area contributed by atoms with Gasteiger partial charge in [0.05, 0.1) is 36.5 Å². The Kier molecular flexibility index (Phi) is 5.50. The summed E-state index contributed by atoms with van der Waals surface area (Å²) in [6.45, 7) is 0. The van der Waals surface area contributed by atoms with Gasteiger partial charge in [-0.1, -0.05) is 29.3 Å². The highest BCUT2D eigenvalue weighted by Crippen LogP contribution is 2.63. The average Bonchev–Trinajstić information content (AvgIpc) is 3.16. The van der Waals surface area contributed by atoms with Crippen LogP contribution >= 0.6 is 23.2 Å². The molecule has 1 spiro atoms. The lowest BCUT2D eigenvalue weighted by Crippen LogP contribution is -2.33. The lowest BCUT2D eigenvalue weighted by molar-refractivity contribution is 0.0222. The Bertz CT molecular complexity index is 1480. The molecule has 0 aliphatic carbocycles. The molecular weight excluding hydrogens is 535 g/mol. The lowest BCUT2D eigenvalue weighted by Gasteiger charge is -2.37. The molecule has 2 aliphatic heterocycles. The van der Waals surface area contributed by atoms with Crippen molar-refractivity contribution < 1.29 is 53.4 Å². The van der Waals surface area contributed by atoms with Gasteiger partial charge >= 0.3 is 18.1 Å². The Morgan fingerprint density at radius 2 is 1.43 bits per heavy atom. The highest BCUT2D eigenvalue weighted by molar-refractivity contribution is 6.35. The zero-order chi connectivity index (χ0) is 26.8. The molecule has 3 N–H and O–H groups in total. The largest absolute Gasteiger partial charge is 0.513 e. The fourth-order valence-electron chi connectivity index (χ4n) is 4.41. The Morgan fingerprint density at radius 1 is 0.892 bits per heavy atom. The van der Waals surface area contributed by atoms with E-state index in [1.54, 1.807) is 0 Å². The van der Waals surface area contributed by atoms with E-state index >= 15 is 0 Å². The summed E-state index contributed by atoms with van der Waals surface area (Å²) in [5.41, 5.74) is -1.74. The van der Waals surface area contributed by atoms with Crippen molar-refractivity contribution in [3.05, 3.63) is 68.2 Å². The molecule has 0 fully saturated rings. The molecular formula is C24H14Cl2O11. The summed E-state index contributed by atoms with van der Waals surface area (Å²) in [7, 11) is 2.57. The van der Waals surface area contributed by atoms with Crippen molar-refractivity contribution in [1.82, 2.24) is 0 Å². The van der Waals surface area contributed by atoms with Crippen LogP contribution in [0.1, 0.15) is 37.4 Å². The fraction of sp³-hybridized carbons (Fsp3) is 0.125. The molecule has 2 aliphatic rings. The SMILES string of the molecule is COc1cc2c(c(Cl)c1O)Oc1c(cc(OC)c(O)c1Cl)C21OC(=O)c2cc(C(=O)OC(=O)O)ccc21. The second kappa shape index (κ2) is 8.36. The monoisotopic (exact) mass is 548 g/mol. The average molecular weight is 549 g/mol. The third-order valence-electron chi connectivity index (χ3n) is 6.00. The predicted molar refractivity (Wildman–Crippen MR) is 125 cm³/mol. The molecule has 0 bridgehead atoms. The van der Waals surface area contributed by atoms with Gasteiger partial charge in [0.15, 0.2) is 40.1 Å². The Morgan fingerprint density at radius 3 is 1.92 bits per heavy atom. The van der Waals surface area contributed by atoms with Gasteiger partial charge in [0.1, 0.15) is 10.0 Å². The summed E-state index contributed by atoms with van der Waals surface area (Å²) in [6.07, 6.45) is -1.82. The van der Waals surface area contributed by atoms with Gasteiger partial charge < -0.3 is 39.0 Å². The molecule has 0 aromatic heterocycles. The van der Waals surface area contributed by atoms with Crippen LogP contribution in [0.3, 0.4) is 0 Å². The molecule has 3 aromatic carbocycles. The third kappa shape index (κ3) is 3.31. The number of hydrogen-bond acceptors (Lipinski definition) is 10. The highest BCUT2D eigenvalue weighted by Gasteiger charge is 2.56. The number of hydrogen-bond donors (Lipinski definition) is 3. The summed E-state index contributed by atoms with van der Waals surface area (Å²) < 4.78 is 26.5. The van der Waals surface area contributed by atoms with Crippen LogP contribution in [0.5, 0.6) is 34.5 Å². The normalized spacial score (nSPS) is 14.1. The van der Waals surface area contributed by atoms with E-state index in [0.717, 1.165) is 6.07 Å². The van der Waals surface area contributed by atoms with Crippen LogP contribution in [-0.4, -0.2) is 47.6 Å². The maximum absolute atomic E-state index is 13.2. The number of fused-ring (bicyclic) bond motifs is 6. The van der Waals surface area contributed by atoms with Crippen LogP contribution in [0.2, 0.25) is 10.0 Å². The van der Waals surface area contributed by atoms with Crippen LogP contribution in [0, 0.1) is 0 Å². The second-order valence-corrected chi connectivity index (χ2v) is 8.58. The van der Waals surface area contributed by atoms with Crippen LogP contribution in [0.25, 0.3) is 0 Å². The smallest absolute Gasteiger partial charge is 0.503 e. The summed E-state index contributed by atoms with van der Waals surface area (Å²) in [5, 5.41) is 29.2. The van der Waals surface area contributed by atoms with E-state index in [0.29, 0.717) is 0 Å². The molecule has 190 valence electrons. The first-order valence-electron chi connectivity index (χ1n) is 10.3. The number of carbonyl (C=O) groups is 3. The molecule has 11 nitrogen and oxygen atoms in total. The van der Waals surface area contributed by atoms with Gasteiger partial charge in [0.2, 0.25) is 0 Å². The number of carbonyl (C=O) groups excluding carboxylic acids is 2. The summed E-state index contributed by atoms with van der Waals surface area (Å²) in [5.74, 6) is -3.47. The van der Waals surface area contributed by atoms with E-state index in [1.165, 1.54) is 38.5 Å². The number of phenolic OH excluding ortho intramolecular Hbond substituents is 2. The number of halogens is 2. The zero-order valence-electron chi connectivity index (χ0n) is 18.8. The maximum Gasteiger partial charge on any atom is 0.513 e. The minimum absolute atomic E-state index is 0.0711. The third-order valence-corrected chi connectivity index (χ3v) is 6.71. The molecule has 0 amide bonds. The minimum Gasteiger partial charge on any atom is -0.503 e. The summed E-state index contributed by atoms with van der Waals surface area (Å²) >= 11 is 12.8. The van der Waals surface area contributed by atoms with Gasteiger partial charge in [-0.3, -0.25) is 0 Å². The summed E-state index contributed by atoms with van der Waals surface area (Å²) in [6, 6.07) is 6.41. The molecule has 2 heterocycles. The number of aromatic hydroxyl groups is 2. The topological polar surface area (TPSA) is 158 Å². The van der Waals surface area contributed by atoms with Crippen molar-refractivity contribution in [3.63, 3.8) is 0 Å². The first-order chi connectivity index (χ1) is 17.5. The number of esters is 2. The maximum atomic E-state index is 13.2. The molecule has 3 aromatic rings. The first kappa shape index (κ1) is 24.3. The zero-order valence-corrected chi connectivity index (χ0v) is 20.3. The number of ether oxygens (including phenoxy) is 5. The van der Waals surface area contributed by atoms with Gasteiger partial charge in [-0.05, 0) is 24.3 Å². The van der Waals surface area contributed by atoms with Crippen molar-refractivity contribution in [2.45, 2.75) is 5.60 Å². The highest BCUT2D eigenvalue weighted by atomic mass is 35.5. The number of methoxy groups -OCH3 is 2. The molecule has 13 heteroatoms. The van der Waals surface area contributed by atoms with Crippen molar-refractivity contribution in [2.24, 2.45) is 0 Å². The van der Waals surface area contributed by atoms with Crippen molar-refractivity contribution in [1.29, 1.82) is 0 Å². The number of phenols is 2. The molecule has 0 radical (unpaired) electrons. The molecule has 0 saturated heterocycles. The van der Waals surface area contributed by atoms with Gasteiger partial charge in [-0.2, -0.15) is 0 Å². The van der Waals surface area contributed by atoms with Crippen LogP contribution in [0.4, 0.5) is 4.79 Å². The standard InChI is InChI=1S/C24H14Cl2O11/c1-33-13-6-11-19(15(25)17(13)27)35-20-12(7-14(34-2)18(28)16(20)26)24(11)10-4-3-8(21(29)36-23(31)32)5-9(10)22(30)37-24/h3-7,27-28H,1-2H3,(H,31,32). The Balaban J connectivity index is 1.87. The second-order valence-electron chi connectivity index (χ2n) is 7.82. The molecule has 37 heavy (non-hydrogen) atoms. The van der Waals surface area contributed by atoms with Crippen molar-refractivity contribution in [3.8, 4) is 34.5 Å². The van der Waals surface area contributed by atoms with Gasteiger partial charge in [0.25, 0.3) is 0 Å². The van der Waals surface area contributed by atoms with E-state index in [9.17, 15) is 24.6 Å². The van der Waals surface area contributed by atoms with E-state index in [2.05, 4.69) is 4.74 Å². The van der Waals surface area contributed by atoms with Crippen LogP contribution < -0.4 is 14.2 Å². The van der Waals surface area contributed by atoms with Gasteiger partial charge in [-0.25, -0.2) is 14.4 Å². The van der Waals surface area contributed by atoms with Crippen molar-refractivity contribution >= 4 is 41.3 Å². The minimum atomic E-state index is -1.83. The van der Waals surface area contributed by atoms with Crippen molar-refractivity contribution in [2.75, 3.05) is 14.2 Å². The van der Waals surface area contributed by atoms with Crippen LogP contribution in [0.15, 0.2) is 30.3 Å². The molecule has 0 saturated carbocycles. The predicted octanol–water partition coefficient (Wildman–Crippen LogP) is 4.82. The van der Waals surface area contributed by atoms with Gasteiger partial charge in [0, 0.05) is 5.56 Å². The number of carboxylic acid groups (broad SMARTS) is 1. The lowest BCUT2D eigenvalue weighted by atomic mass is 9.77. The van der Waals surface area contributed by atoms with Crippen LogP contribution in [-0.2, 0) is 15.1 Å². The molecule has 5 rings (SSSR count). The first-order valence-corrected chi connectivity index (χ1v) is 11.0. The quantitative estimate of drug-likeness (QED) is 0.304. The number of benzene rings is 3. The summed E-state index contributed by atoms with van der Waals surface area (Å²) in [4.78, 5) is 36.2.